The van der Waals surface area contributed by atoms with E-state index >= 15 is 0 Å². The van der Waals surface area contributed by atoms with Gasteiger partial charge in [-0.3, -0.25) is 0 Å². The summed E-state index contributed by atoms with van der Waals surface area (Å²) in [7, 11) is 1.62. The van der Waals surface area contributed by atoms with Gasteiger partial charge in [0.15, 0.2) is 5.82 Å². The maximum Gasteiger partial charge on any atom is 0.223 e. The van der Waals surface area contributed by atoms with Crippen LogP contribution in [0.2, 0.25) is 5.02 Å². The molecule has 0 saturated carbocycles. The fraction of sp³-hybridized carbons (Fsp3) is 0.333. The van der Waals surface area contributed by atoms with Crippen LogP contribution in [-0.4, -0.2) is 17.3 Å². The van der Waals surface area contributed by atoms with Crippen molar-refractivity contribution in [2.45, 2.75) is 20.0 Å². The van der Waals surface area contributed by atoms with E-state index in [2.05, 4.69) is 15.5 Å². The first-order chi connectivity index (χ1) is 8.70. The van der Waals surface area contributed by atoms with Crippen molar-refractivity contribution in [2.24, 2.45) is 0 Å². The van der Waals surface area contributed by atoms with Gasteiger partial charge in [-0.15, -0.1) is 0 Å². The van der Waals surface area contributed by atoms with Crippen molar-refractivity contribution in [3.8, 4) is 5.75 Å². The van der Waals surface area contributed by atoms with E-state index in [9.17, 15) is 0 Å². The van der Waals surface area contributed by atoms with Crippen LogP contribution in [0.5, 0.6) is 5.75 Å². The van der Waals surface area contributed by atoms with Crippen LogP contribution in [0.1, 0.15) is 17.3 Å². The third-order valence-electron chi connectivity index (χ3n) is 2.45. The topological polar surface area (TPSA) is 60.2 Å². The van der Waals surface area contributed by atoms with Gasteiger partial charge in [0.25, 0.3) is 0 Å². The number of aromatic nitrogens is 2. The summed E-state index contributed by atoms with van der Waals surface area (Å²) in [6.45, 7) is 2.86. The van der Waals surface area contributed by atoms with Gasteiger partial charge in [0.1, 0.15) is 5.75 Å². The monoisotopic (exact) mass is 267 g/mol. The standard InChI is InChI=1S/C12H14ClN3O2/c1-8-15-12(16-18-8)7-14-6-9-10(13)4-3-5-11(9)17-2/h3-5,14H,6-7H2,1-2H3. The molecule has 1 heterocycles. The zero-order valence-corrected chi connectivity index (χ0v) is 11.0. The molecule has 0 aliphatic rings. The van der Waals surface area contributed by atoms with Gasteiger partial charge in [0, 0.05) is 24.1 Å². The molecule has 18 heavy (non-hydrogen) atoms. The second-order valence-electron chi connectivity index (χ2n) is 3.75. The van der Waals surface area contributed by atoms with Crippen molar-refractivity contribution >= 4 is 11.6 Å². The fourth-order valence-electron chi connectivity index (χ4n) is 1.61. The molecule has 0 radical (unpaired) electrons. The Morgan fingerprint density at radius 1 is 1.39 bits per heavy atom. The van der Waals surface area contributed by atoms with Gasteiger partial charge in [-0.05, 0) is 12.1 Å². The second kappa shape index (κ2) is 5.84. The van der Waals surface area contributed by atoms with E-state index in [0.717, 1.165) is 11.3 Å². The first-order valence-corrected chi connectivity index (χ1v) is 5.90. The third kappa shape index (κ3) is 3.00. The number of nitrogens with zero attached hydrogens (tertiary/aromatic N) is 2. The number of methoxy groups -OCH3 is 1. The van der Waals surface area contributed by atoms with E-state index in [1.165, 1.54) is 0 Å². The van der Waals surface area contributed by atoms with Gasteiger partial charge in [-0.2, -0.15) is 4.98 Å². The normalized spacial score (nSPS) is 10.6. The SMILES string of the molecule is COc1cccc(Cl)c1CNCc1noc(C)n1. The minimum Gasteiger partial charge on any atom is -0.496 e. The van der Waals surface area contributed by atoms with Crippen LogP contribution in [0, 0.1) is 6.92 Å². The van der Waals surface area contributed by atoms with Crippen molar-refractivity contribution < 1.29 is 9.26 Å². The van der Waals surface area contributed by atoms with E-state index in [0.29, 0.717) is 29.8 Å². The molecule has 5 nitrogen and oxygen atoms in total. The summed E-state index contributed by atoms with van der Waals surface area (Å²) in [5, 5.41) is 7.67. The Morgan fingerprint density at radius 3 is 2.89 bits per heavy atom. The quantitative estimate of drug-likeness (QED) is 0.901. The average molecular weight is 268 g/mol. The molecule has 0 saturated heterocycles. The van der Waals surface area contributed by atoms with Crippen LogP contribution in [0.25, 0.3) is 0 Å². The van der Waals surface area contributed by atoms with Crippen molar-refractivity contribution in [1.29, 1.82) is 0 Å². The summed E-state index contributed by atoms with van der Waals surface area (Å²) in [4.78, 5) is 4.10. The molecule has 1 N–H and O–H groups in total. The van der Waals surface area contributed by atoms with E-state index in [1.807, 2.05) is 18.2 Å². The molecule has 2 rings (SSSR count). The Labute approximate surface area is 110 Å². The summed E-state index contributed by atoms with van der Waals surface area (Å²) in [6, 6.07) is 5.56. The summed E-state index contributed by atoms with van der Waals surface area (Å²) >= 11 is 6.12. The molecule has 0 spiro atoms. The first kappa shape index (κ1) is 12.9. The minimum atomic E-state index is 0.520. The highest BCUT2D eigenvalue weighted by Gasteiger charge is 2.08. The molecule has 6 heteroatoms. The molecule has 2 aromatic rings. The molecule has 0 bridgehead atoms. The number of ether oxygens (including phenoxy) is 1. The Hall–Kier alpha value is -1.59. The molecule has 0 aliphatic carbocycles. The molecular formula is C12H14ClN3O2. The van der Waals surface area contributed by atoms with Crippen LogP contribution >= 0.6 is 11.6 Å². The van der Waals surface area contributed by atoms with Crippen molar-refractivity contribution in [2.75, 3.05) is 7.11 Å². The summed E-state index contributed by atoms with van der Waals surface area (Å²) in [5.41, 5.74) is 0.918. The van der Waals surface area contributed by atoms with Gasteiger partial charge in [0.05, 0.1) is 13.7 Å². The zero-order chi connectivity index (χ0) is 13.0. The fourth-order valence-corrected chi connectivity index (χ4v) is 1.85. The molecule has 0 atom stereocenters. The smallest absolute Gasteiger partial charge is 0.223 e. The first-order valence-electron chi connectivity index (χ1n) is 5.52. The van der Waals surface area contributed by atoms with E-state index in [4.69, 9.17) is 20.9 Å². The predicted molar refractivity (Wildman–Crippen MR) is 67.6 cm³/mol. The van der Waals surface area contributed by atoms with Gasteiger partial charge in [-0.1, -0.05) is 22.8 Å². The van der Waals surface area contributed by atoms with Crippen molar-refractivity contribution in [3.05, 3.63) is 40.5 Å². The van der Waals surface area contributed by atoms with Crippen LogP contribution in [0.15, 0.2) is 22.7 Å². The summed E-state index contributed by atoms with van der Waals surface area (Å²) in [6.07, 6.45) is 0. The lowest BCUT2D eigenvalue weighted by Gasteiger charge is -2.10. The van der Waals surface area contributed by atoms with Gasteiger partial charge in [-0.25, -0.2) is 0 Å². The molecule has 0 fully saturated rings. The number of aryl methyl sites for hydroxylation is 1. The average Bonchev–Trinajstić information content (AvgIpc) is 2.77. The summed E-state index contributed by atoms with van der Waals surface area (Å²) < 4.78 is 10.1. The maximum absolute atomic E-state index is 6.12. The lowest BCUT2D eigenvalue weighted by Crippen LogP contribution is -2.14. The molecule has 1 aromatic carbocycles. The number of hydrogen-bond acceptors (Lipinski definition) is 5. The molecule has 0 amide bonds. The number of hydrogen-bond donors (Lipinski definition) is 1. The Kier molecular flexibility index (Phi) is 4.17. The zero-order valence-electron chi connectivity index (χ0n) is 10.2. The molecule has 96 valence electrons. The Bertz CT molecular complexity index is 528. The van der Waals surface area contributed by atoms with E-state index in [1.54, 1.807) is 14.0 Å². The van der Waals surface area contributed by atoms with Gasteiger partial charge >= 0.3 is 0 Å². The molecular weight excluding hydrogens is 254 g/mol. The number of rotatable bonds is 5. The van der Waals surface area contributed by atoms with Gasteiger partial charge in [0.2, 0.25) is 5.89 Å². The van der Waals surface area contributed by atoms with E-state index < -0.39 is 0 Å². The van der Waals surface area contributed by atoms with Crippen LogP contribution in [0.4, 0.5) is 0 Å². The highest BCUT2D eigenvalue weighted by atomic mass is 35.5. The minimum absolute atomic E-state index is 0.520. The van der Waals surface area contributed by atoms with Gasteiger partial charge < -0.3 is 14.6 Å². The lowest BCUT2D eigenvalue weighted by atomic mass is 10.2. The van der Waals surface area contributed by atoms with Crippen LogP contribution < -0.4 is 10.1 Å². The second-order valence-corrected chi connectivity index (χ2v) is 4.16. The predicted octanol–water partition coefficient (Wildman–Crippen LogP) is 2.33. The third-order valence-corrected chi connectivity index (χ3v) is 2.80. The lowest BCUT2D eigenvalue weighted by molar-refractivity contribution is 0.385. The maximum atomic E-state index is 6.12. The van der Waals surface area contributed by atoms with Crippen molar-refractivity contribution in [1.82, 2.24) is 15.5 Å². The van der Waals surface area contributed by atoms with E-state index in [-0.39, 0.29) is 0 Å². The number of halogens is 1. The largest absolute Gasteiger partial charge is 0.496 e. The summed E-state index contributed by atoms with van der Waals surface area (Å²) in [5.74, 6) is 1.94. The highest BCUT2D eigenvalue weighted by Crippen LogP contribution is 2.25. The Morgan fingerprint density at radius 2 is 2.22 bits per heavy atom. The molecule has 0 aliphatic heterocycles. The Balaban J connectivity index is 1.98. The van der Waals surface area contributed by atoms with Crippen LogP contribution in [0.3, 0.4) is 0 Å². The molecule has 1 aromatic heterocycles. The number of nitrogens with one attached hydrogen (secondary N) is 1. The number of benzene rings is 1. The van der Waals surface area contributed by atoms with Crippen LogP contribution in [-0.2, 0) is 13.1 Å². The highest BCUT2D eigenvalue weighted by molar-refractivity contribution is 6.31. The van der Waals surface area contributed by atoms with Crippen molar-refractivity contribution in [3.63, 3.8) is 0 Å². The molecule has 0 unspecified atom stereocenters.